The average molecular weight is 390 g/mol. The molecule has 0 atom stereocenters. The maximum Gasteiger partial charge on any atom is 0.338 e. The van der Waals surface area contributed by atoms with Gasteiger partial charge in [0.25, 0.3) is 0 Å². The van der Waals surface area contributed by atoms with Crippen LogP contribution in [0.1, 0.15) is 107 Å². The van der Waals surface area contributed by atoms with Crippen molar-refractivity contribution in [3.05, 3.63) is 29.8 Å². The molecule has 1 aromatic rings. The number of hydrogen-bond donors (Lipinski definition) is 0. The largest absolute Gasteiger partial charge is 0.462 e. The fourth-order valence-corrected chi connectivity index (χ4v) is 3.44. The van der Waals surface area contributed by atoms with Crippen molar-refractivity contribution in [2.24, 2.45) is 0 Å². The number of esters is 1. The molecule has 0 saturated heterocycles. The number of anilines is 1. The van der Waals surface area contributed by atoms with Gasteiger partial charge in [0.05, 0.1) is 12.2 Å². The summed E-state index contributed by atoms with van der Waals surface area (Å²) in [6, 6.07) is 7.57. The smallest absolute Gasteiger partial charge is 0.338 e. The summed E-state index contributed by atoms with van der Waals surface area (Å²) in [5, 5.41) is 0. The second kappa shape index (κ2) is 16.4. The normalized spacial score (nSPS) is 10.8. The third kappa shape index (κ3) is 12.0. The van der Waals surface area contributed by atoms with E-state index in [4.69, 9.17) is 4.74 Å². The van der Waals surface area contributed by atoms with E-state index in [1.807, 2.05) is 43.3 Å². The zero-order chi connectivity index (χ0) is 20.5. The Hall–Kier alpha value is -1.51. The summed E-state index contributed by atoms with van der Waals surface area (Å²) in [5.74, 6) is -0.208. The molecule has 0 aliphatic carbocycles. The number of nitrogens with zero attached hydrogens (tertiary/aromatic N) is 1. The number of rotatable bonds is 17. The molecule has 1 aromatic carbocycles. The highest BCUT2D eigenvalue weighted by Crippen LogP contribution is 2.14. The first kappa shape index (κ1) is 24.5. The second-order valence-electron chi connectivity index (χ2n) is 8.17. The molecule has 0 spiro atoms. The predicted molar refractivity (Wildman–Crippen MR) is 121 cm³/mol. The lowest BCUT2D eigenvalue weighted by molar-refractivity contribution is 0.0497. The quantitative estimate of drug-likeness (QED) is 0.205. The zero-order valence-corrected chi connectivity index (χ0v) is 18.7. The molecule has 0 aliphatic rings. The Kier molecular flexibility index (Phi) is 14.4. The molecule has 0 bridgehead atoms. The Morgan fingerprint density at radius 2 is 1.14 bits per heavy atom. The molecule has 0 fully saturated rings. The molecule has 28 heavy (non-hydrogen) atoms. The van der Waals surface area contributed by atoms with E-state index in [0.717, 1.165) is 18.5 Å². The van der Waals surface area contributed by atoms with Gasteiger partial charge in [-0.1, -0.05) is 90.4 Å². The number of benzene rings is 1. The van der Waals surface area contributed by atoms with Gasteiger partial charge in [-0.15, -0.1) is 0 Å². The minimum absolute atomic E-state index is 0.208. The lowest BCUT2D eigenvalue weighted by Crippen LogP contribution is -2.10. The first-order chi connectivity index (χ1) is 13.6. The van der Waals surface area contributed by atoms with Crippen LogP contribution in [0.5, 0.6) is 0 Å². The molecule has 0 heterocycles. The summed E-state index contributed by atoms with van der Waals surface area (Å²) in [4.78, 5) is 14.0. The van der Waals surface area contributed by atoms with Crippen LogP contribution >= 0.6 is 0 Å². The summed E-state index contributed by atoms with van der Waals surface area (Å²) < 4.78 is 5.38. The monoisotopic (exact) mass is 389 g/mol. The summed E-state index contributed by atoms with van der Waals surface area (Å²) in [6.45, 7) is 2.81. The van der Waals surface area contributed by atoms with Gasteiger partial charge in [0.15, 0.2) is 0 Å². The minimum Gasteiger partial charge on any atom is -0.462 e. The molecule has 1 rings (SSSR count). The molecule has 0 amide bonds. The van der Waals surface area contributed by atoms with E-state index in [1.165, 1.54) is 77.0 Å². The van der Waals surface area contributed by atoms with Crippen LogP contribution < -0.4 is 4.90 Å². The maximum absolute atomic E-state index is 12.0. The summed E-state index contributed by atoms with van der Waals surface area (Å²) in [7, 11) is 3.98. The lowest BCUT2D eigenvalue weighted by Gasteiger charge is -2.12. The van der Waals surface area contributed by atoms with Gasteiger partial charge >= 0.3 is 5.97 Å². The Bertz CT molecular complexity index is 496. The highest BCUT2D eigenvalue weighted by atomic mass is 16.5. The van der Waals surface area contributed by atoms with E-state index >= 15 is 0 Å². The van der Waals surface area contributed by atoms with Crippen LogP contribution in [0.15, 0.2) is 24.3 Å². The maximum atomic E-state index is 12.0. The van der Waals surface area contributed by atoms with Crippen molar-refractivity contribution in [3.63, 3.8) is 0 Å². The molecule has 0 radical (unpaired) electrons. The van der Waals surface area contributed by atoms with Crippen LogP contribution in [0, 0.1) is 0 Å². The van der Waals surface area contributed by atoms with E-state index in [9.17, 15) is 4.79 Å². The van der Waals surface area contributed by atoms with Crippen molar-refractivity contribution in [2.45, 2.75) is 96.8 Å². The number of hydrogen-bond acceptors (Lipinski definition) is 3. The Morgan fingerprint density at radius 1 is 0.714 bits per heavy atom. The average Bonchev–Trinajstić information content (AvgIpc) is 2.70. The molecule has 0 aromatic heterocycles. The fourth-order valence-electron chi connectivity index (χ4n) is 3.44. The topological polar surface area (TPSA) is 29.5 Å². The second-order valence-corrected chi connectivity index (χ2v) is 8.17. The van der Waals surface area contributed by atoms with Crippen molar-refractivity contribution in [2.75, 3.05) is 25.6 Å². The number of carbonyl (C=O) groups is 1. The van der Waals surface area contributed by atoms with Crippen LogP contribution in [0.3, 0.4) is 0 Å². The van der Waals surface area contributed by atoms with Crippen LogP contribution in [0.2, 0.25) is 0 Å². The third-order valence-corrected chi connectivity index (χ3v) is 5.35. The van der Waals surface area contributed by atoms with Crippen molar-refractivity contribution in [1.82, 2.24) is 0 Å². The molecular formula is C25H43NO2. The van der Waals surface area contributed by atoms with Crippen molar-refractivity contribution in [1.29, 1.82) is 0 Å². The van der Waals surface area contributed by atoms with Gasteiger partial charge < -0.3 is 9.64 Å². The zero-order valence-electron chi connectivity index (χ0n) is 18.7. The Morgan fingerprint density at radius 3 is 1.57 bits per heavy atom. The fraction of sp³-hybridized carbons (Fsp3) is 0.720. The standard InChI is InChI=1S/C25H43NO2/c1-4-5-6-7-8-9-10-11-12-13-14-15-16-17-22-28-25(27)23-18-20-24(21-19-23)26(2)3/h18-21H,4-17,22H2,1-3H3. The molecule has 0 N–H and O–H groups in total. The van der Waals surface area contributed by atoms with Gasteiger partial charge in [0.1, 0.15) is 0 Å². The van der Waals surface area contributed by atoms with Crippen LogP contribution in [-0.2, 0) is 4.74 Å². The molecule has 0 unspecified atom stereocenters. The van der Waals surface area contributed by atoms with E-state index in [2.05, 4.69) is 6.92 Å². The van der Waals surface area contributed by atoms with E-state index < -0.39 is 0 Å². The molecule has 3 nitrogen and oxygen atoms in total. The van der Waals surface area contributed by atoms with Gasteiger partial charge in [0, 0.05) is 19.8 Å². The highest BCUT2D eigenvalue weighted by molar-refractivity contribution is 5.89. The van der Waals surface area contributed by atoms with Crippen LogP contribution in [0.4, 0.5) is 5.69 Å². The first-order valence-electron chi connectivity index (χ1n) is 11.6. The number of unbranched alkanes of at least 4 members (excludes halogenated alkanes) is 13. The lowest BCUT2D eigenvalue weighted by atomic mass is 10.0. The van der Waals surface area contributed by atoms with Gasteiger partial charge in [-0.25, -0.2) is 4.79 Å². The Balaban J connectivity index is 1.89. The summed E-state index contributed by atoms with van der Waals surface area (Å²) in [5.41, 5.74) is 1.72. The van der Waals surface area contributed by atoms with Crippen LogP contribution in [-0.4, -0.2) is 26.7 Å². The Labute approximate surface area is 173 Å². The van der Waals surface area contributed by atoms with Gasteiger partial charge in [0.2, 0.25) is 0 Å². The molecule has 160 valence electrons. The van der Waals surface area contributed by atoms with E-state index in [1.54, 1.807) is 0 Å². The summed E-state index contributed by atoms with van der Waals surface area (Å²) >= 11 is 0. The van der Waals surface area contributed by atoms with Crippen molar-refractivity contribution >= 4 is 11.7 Å². The van der Waals surface area contributed by atoms with Gasteiger partial charge in [-0.2, -0.15) is 0 Å². The number of carbonyl (C=O) groups excluding carboxylic acids is 1. The molecule has 0 aliphatic heterocycles. The first-order valence-corrected chi connectivity index (χ1v) is 11.6. The van der Waals surface area contributed by atoms with Gasteiger partial charge in [-0.3, -0.25) is 0 Å². The SMILES string of the molecule is CCCCCCCCCCCCCCCCOC(=O)c1ccc(N(C)C)cc1. The minimum atomic E-state index is -0.208. The van der Waals surface area contributed by atoms with E-state index in [0.29, 0.717) is 12.2 Å². The predicted octanol–water partition coefficient (Wildman–Crippen LogP) is 7.39. The molecule has 0 saturated carbocycles. The van der Waals surface area contributed by atoms with Crippen molar-refractivity contribution in [3.8, 4) is 0 Å². The third-order valence-electron chi connectivity index (χ3n) is 5.35. The van der Waals surface area contributed by atoms with E-state index in [-0.39, 0.29) is 5.97 Å². The van der Waals surface area contributed by atoms with Gasteiger partial charge in [-0.05, 0) is 30.7 Å². The van der Waals surface area contributed by atoms with Crippen LogP contribution in [0.25, 0.3) is 0 Å². The summed E-state index contributed by atoms with van der Waals surface area (Å²) in [6.07, 6.45) is 18.7. The molecule has 3 heteroatoms. The highest BCUT2D eigenvalue weighted by Gasteiger charge is 2.07. The van der Waals surface area contributed by atoms with Crippen molar-refractivity contribution < 1.29 is 9.53 Å². The number of ether oxygens (including phenoxy) is 1. The molecular weight excluding hydrogens is 346 g/mol.